The van der Waals surface area contributed by atoms with E-state index in [2.05, 4.69) is 20.5 Å². The van der Waals surface area contributed by atoms with Crippen molar-refractivity contribution >= 4 is 5.91 Å². The van der Waals surface area contributed by atoms with Crippen LogP contribution in [0.5, 0.6) is 5.88 Å². The first-order chi connectivity index (χ1) is 19.3. The van der Waals surface area contributed by atoms with Crippen molar-refractivity contribution in [3.05, 3.63) is 76.7 Å². The summed E-state index contributed by atoms with van der Waals surface area (Å²) in [5.74, 6) is 0.334. The molecule has 11 heteroatoms. The number of pyridine rings is 1. The normalized spacial score (nSPS) is 22.8. The number of rotatable bonds is 12. The second-order valence-corrected chi connectivity index (χ2v) is 10.4. The fourth-order valence-electron chi connectivity index (χ4n) is 4.65. The number of benzene rings is 1. The fraction of sp³-hybridized carbons (Fsp3) is 0.483. The summed E-state index contributed by atoms with van der Waals surface area (Å²) in [6.07, 6.45) is -1.05. The van der Waals surface area contributed by atoms with Gasteiger partial charge in [-0.2, -0.15) is 0 Å². The number of hydrogen-bond donors (Lipinski definition) is 6. The lowest BCUT2D eigenvalue weighted by Gasteiger charge is -2.39. The zero-order chi connectivity index (χ0) is 28.6. The molecular weight excluding hydrogens is 516 g/mol. The molecule has 216 valence electrons. The van der Waals surface area contributed by atoms with Gasteiger partial charge in [-0.25, -0.2) is 0 Å². The van der Waals surface area contributed by atoms with Crippen LogP contribution in [0.2, 0.25) is 0 Å². The summed E-state index contributed by atoms with van der Waals surface area (Å²) in [6.45, 7) is 3.96. The van der Waals surface area contributed by atoms with Gasteiger partial charge in [0.1, 0.15) is 24.4 Å². The molecule has 0 bridgehead atoms. The first-order valence-corrected chi connectivity index (χ1v) is 13.5. The van der Waals surface area contributed by atoms with Crippen molar-refractivity contribution in [3.8, 4) is 5.88 Å². The number of nitrogens with zero attached hydrogens (tertiary/aromatic N) is 2. The van der Waals surface area contributed by atoms with Gasteiger partial charge in [0.15, 0.2) is 0 Å². The van der Waals surface area contributed by atoms with Crippen molar-refractivity contribution in [3.63, 3.8) is 0 Å². The SMILES string of the molecule is CC(C)c1[nH]nc(O[C@@H]2O[C@H](CO)[C@@H](O)[C@H](O)[C@H]2O)c1Cc1ccc(CCCC(=O)NCc2cccnc2)cc1. The Morgan fingerprint density at radius 3 is 2.50 bits per heavy atom. The highest BCUT2D eigenvalue weighted by Crippen LogP contribution is 2.31. The highest BCUT2D eigenvalue weighted by molar-refractivity contribution is 5.75. The maximum atomic E-state index is 12.2. The topological polar surface area (TPSA) is 170 Å². The van der Waals surface area contributed by atoms with Crippen LogP contribution in [0.25, 0.3) is 0 Å². The van der Waals surface area contributed by atoms with Crippen LogP contribution in [0.4, 0.5) is 0 Å². The molecule has 5 atom stereocenters. The van der Waals surface area contributed by atoms with Crippen molar-refractivity contribution in [1.29, 1.82) is 0 Å². The minimum absolute atomic E-state index is 0.00794. The van der Waals surface area contributed by atoms with E-state index in [0.717, 1.165) is 40.8 Å². The number of H-pyrrole nitrogens is 1. The summed E-state index contributed by atoms with van der Waals surface area (Å²) < 4.78 is 11.4. The number of nitrogens with one attached hydrogen (secondary N) is 2. The van der Waals surface area contributed by atoms with Gasteiger partial charge >= 0.3 is 0 Å². The molecule has 3 aromatic rings. The molecule has 4 rings (SSSR count). The van der Waals surface area contributed by atoms with Crippen LogP contribution >= 0.6 is 0 Å². The number of ether oxygens (including phenoxy) is 2. The number of carbonyl (C=O) groups excluding carboxylic acids is 1. The number of aryl methyl sites for hydroxylation is 1. The van der Waals surface area contributed by atoms with Crippen LogP contribution in [-0.4, -0.2) is 78.8 Å². The van der Waals surface area contributed by atoms with Gasteiger partial charge in [0.25, 0.3) is 0 Å². The number of amides is 1. The molecule has 1 amide bonds. The average Bonchev–Trinajstić information content (AvgIpc) is 3.35. The van der Waals surface area contributed by atoms with E-state index in [-0.39, 0.29) is 17.7 Å². The molecule has 1 aliphatic rings. The Balaban J connectivity index is 1.34. The second-order valence-electron chi connectivity index (χ2n) is 10.4. The molecule has 40 heavy (non-hydrogen) atoms. The van der Waals surface area contributed by atoms with Crippen LogP contribution in [0.1, 0.15) is 60.6 Å². The van der Waals surface area contributed by atoms with Crippen molar-refractivity contribution in [2.24, 2.45) is 0 Å². The van der Waals surface area contributed by atoms with Gasteiger partial charge in [0.2, 0.25) is 18.1 Å². The van der Waals surface area contributed by atoms with Crippen molar-refractivity contribution in [2.75, 3.05) is 6.61 Å². The molecule has 0 spiro atoms. The third-order valence-corrected chi connectivity index (χ3v) is 7.00. The van der Waals surface area contributed by atoms with E-state index in [1.165, 1.54) is 0 Å². The van der Waals surface area contributed by atoms with Gasteiger partial charge in [-0.3, -0.25) is 14.9 Å². The van der Waals surface area contributed by atoms with E-state index in [1.54, 1.807) is 12.4 Å². The van der Waals surface area contributed by atoms with Crippen molar-refractivity contribution in [1.82, 2.24) is 20.5 Å². The second kappa shape index (κ2) is 13.8. The summed E-state index contributed by atoms with van der Waals surface area (Å²) in [5, 5.41) is 50.2. The number of carbonyl (C=O) groups is 1. The Bertz CT molecular complexity index is 1220. The fourth-order valence-corrected chi connectivity index (χ4v) is 4.65. The molecule has 0 aliphatic carbocycles. The zero-order valence-electron chi connectivity index (χ0n) is 22.7. The summed E-state index contributed by atoms with van der Waals surface area (Å²) in [5.41, 5.74) is 4.75. The monoisotopic (exact) mass is 554 g/mol. The quantitative estimate of drug-likeness (QED) is 0.193. The first-order valence-electron chi connectivity index (χ1n) is 13.5. The number of aliphatic hydroxyl groups excluding tert-OH is 4. The lowest BCUT2D eigenvalue weighted by molar-refractivity contribution is -0.278. The number of aromatic nitrogens is 3. The Kier molecular flexibility index (Phi) is 10.2. The average molecular weight is 555 g/mol. The Morgan fingerprint density at radius 2 is 1.82 bits per heavy atom. The van der Waals surface area contributed by atoms with E-state index in [4.69, 9.17) is 9.47 Å². The van der Waals surface area contributed by atoms with E-state index in [9.17, 15) is 25.2 Å². The van der Waals surface area contributed by atoms with Crippen LogP contribution in [-0.2, 0) is 28.9 Å². The molecule has 11 nitrogen and oxygen atoms in total. The maximum absolute atomic E-state index is 12.2. The van der Waals surface area contributed by atoms with Gasteiger partial charge in [-0.1, -0.05) is 44.2 Å². The lowest BCUT2D eigenvalue weighted by Crippen LogP contribution is -2.60. The van der Waals surface area contributed by atoms with E-state index in [0.29, 0.717) is 19.4 Å². The molecule has 1 aromatic carbocycles. The Morgan fingerprint density at radius 1 is 1.07 bits per heavy atom. The van der Waals surface area contributed by atoms with Crippen molar-refractivity contribution < 1.29 is 34.7 Å². The van der Waals surface area contributed by atoms with Gasteiger partial charge in [-0.15, -0.1) is 5.10 Å². The molecule has 1 saturated heterocycles. The highest BCUT2D eigenvalue weighted by atomic mass is 16.7. The number of aromatic amines is 1. The minimum atomic E-state index is -1.54. The summed E-state index contributed by atoms with van der Waals surface area (Å²) >= 11 is 0. The minimum Gasteiger partial charge on any atom is -0.443 e. The van der Waals surface area contributed by atoms with Crippen LogP contribution < -0.4 is 10.1 Å². The van der Waals surface area contributed by atoms with Gasteiger partial charge in [0.05, 0.1) is 6.61 Å². The number of aliphatic hydroxyl groups is 4. The number of hydrogen-bond acceptors (Lipinski definition) is 9. The van der Waals surface area contributed by atoms with E-state index in [1.807, 2.05) is 50.2 Å². The van der Waals surface area contributed by atoms with Crippen LogP contribution in [0, 0.1) is 0 Å². The molecule has 0 unspecified atom stereocenters. The molecule has 6 N–H and O–H groups in total. The third kappa shape index (κ3) is 7.43. The Hall–Kier alpha value is -3.35. The molecule has 0 radical (unpaired) electrons. The third-order valence-electron chi connectivity index (χ3n) is 7.00. The van der Waals surface area contributed by atoms with Gasteiger partial charge in [-0.05, 0) is 41.5 Å². The zero-order valence-corrected chi connectivity index (χ0v) is 22.7. The molecular formula is C29H38N4O7. The maximum Gasteiger partial charge on any atom is 0.238 e. The first kappa shape index (κ1) is 29.6. The van der Waals surface area contributed by atoms with Crippen LogP contribution in [0.15, 0.2) is 48.8 Å². The molecule has 1 aliphatic heterocycles. The molecule has 2 aromatic heterocycles. The molecule has 0 saturated carbocycles. The Labute approximate surface area is 233 Å². The lowest BCUT2D eigenvalue weighted by atomic mass is 9.97. The highest BCUT2D eigenvalue weighted by Gasteiger charge is 2.45. The van der Waals surface area contributed by atoms with Gasteiger partial charge < -0.3 is 35.2 Å². The van der Waals surface area contributed by atoms with E-state index >= 15 is 0 Å². The van der Waals surface area contributed by atoms with Crippen molar-refractivity contribution in [2.45, 2.75) is 82.7 Å². The summed E-state index contributed by atoms with van der Waals surface area (Å²) in [7, 11) is 0. The van der Waals surface area contributed by atoms with E-state index < -0.39 is 37.3 Å². The molecule has 3 heterocycles. The smallest absolute Gasteiger partial charge is 0.238 e. The predicted octanol–water partition coefficient (Wildman–Crippen LogP) is 1.34. The van der Waals surface area contributed by atoms with Gasteiger partial charge in [0, 0.05) is 43.0 Å². The summed E-state index contributed by atoms with van der Waals surface area (Å²) in [6, 6.07) is 11.9. The largest absolute Gasteiger partial charge is 0.443 e. The summed E-state index contributed by atoms with van der Waals surface area (Å²) in [4.78, 5) is 16.2. The molecule has 1 fully saturated rings. The predicted molar refractivity (Wildman–Crippen MR) is 145 cm³/mol. The van der Waals surface area contributed by atoms with Crippen LogP contribution in [0.3, 0.4) is 0 Å². The standard InChI is InChI=1S/C29H38N4O7/c1-17(2)24-21(28(33-32-24)40-29-27(38)26(37)25(36)22(16-34)39-29)13-19-10-8-18(9-11-19)5-3-7-23(35)31-15-20-6-4-12-30-14-20/h4,6,8-12,14,17,22,25-27,29,34,36-38H,3,5,7,13,15-16H2,1-2H3,(H,31,35)(H,32,33)/t22-,25-,26+,27-,29+/m1/s1.